The van der Waals surface area contributed by atoms with Gasteiger partial charge in [-0.15, -0.1) is 5.10 Å². The molecule has 0 bridgehead atoms. The number of hydrogen-bond donors (Lipinski definition) is 15. The zero-order chi connectivity index (χ0) is 59.3. The highest BCUT2D eigenvalue weighted by atomic mass is 19.1. The molecule has 10 rings (SSSR count). The van der Waals surface area contributed by atoms with Crippen molar-refractivity contribution in [2.75, 3.05) is 56.0 Å². The molecular formula is C52H74FN13O17. The first-order valence-corrected chi connectivity index (χ1v) is 27.7. The third kappa shape index (κ3) is 12.7. The summed E-state index contributed by atoms with van der Waals surface area (Å²) < 4.78 is 54.9. The van der Waals surface area contributed by atoms with Crippen molar-refractivity contribution in [3.8, 4) is 11.3 Å². The van der Waals surface area contributed by atoms with E-state index in [1.54, 1.807) is 41.1 Å². The minimum atomic E-state index is -1.87. The fourth-order valence-corrected chi connectivity index (χ4v) is 11.4. The number of carboxylic acid groups (broad SMARTS) is 1. The Hall–Kier alpha value is -5.34. The third-order valence-electron chi connectivity index (χ3n) is 16.5. The van der Waals surface area contributed by atoms with Gasteiger partial charge in [0.25, 0.3) is 5.91 Å². The predicted molar refractivity (Wildman–Crippen MR) is 288 cm³/mol. The summed E-state index contributed by atoms with van der Waals surface area (Å²) in [5.74, 6) is -2.83. The van der Waals surface area contributed by atoms with Crippen LogP contribution in [0.4, 0.5) is 15.8 Å². The topological polar surface area (TPSA) is 479 Å². The van der Waals surface area contributed by atoms with Gasteiger partial charge in [0.05, 0.1) is 48.2 Å². The molecular weight excluding hydrogens is 1100 g/mol. The molecule has 1 unspecified atom stereocenters. The van der Waals surface area contributed by atoms with Gasteiger partial charge >= 0.3 is 5.97 Å². The maximum Gasteiger partial charge on any atom is 0.341 e. The maximum absolute atomic E-state index is 15.6. The van der Waals surface area contributed by atoms with Crippen LogP contribution < -0.4 is 50.0 Å². The summed E-state index contributed by atoms with van der Waals surface area (Å²) in [5, 5.41) is 97.6. The lowest BCUT2D eigenvalue weighted by Crippen LogP contribution is -2.68. The standard InChI is InChI=1S/C52H74FN13O17/c53-27-13-25-31(66(23-5-6-23)19-26(37(25)68)49(76)77)15-32(27)64-11-9-63(10-12-64)8-7-24(67)18-65-20-30(61-62-65)21-1-3-22(4-2-21)60-48(75)47-46(81-51-36(59)42(73)40(71)34(17-55)79-51)43(74)52(83-47)82-45-38(69)28(56)14-29(57)44(45)80-50-35(58)41(72)39(70)33(16-54)78-50/h1-4,13,15,19-20,23-24,28-29,33-36,38-47,50-52,67,69-74H,5-12,14,16-18,54-59H2,(H,60,75)(H,76,77)/t24?,28-,29+,33-,34+,35-,36-,38+,39-,40-,41-,42-,43-,44-,45+,46+,47+,50-,51+,52-/m1/s1. The molecule has 30 nitrogen and oxygen atoms in total. The minimum Gasteiger partial charge on any atom is -0.477 e. The Bertz CT molecular complexity index is 2970. The molecule has 2 aromatic carbocycles. The molecule has 0 radical (unpaired) electrons. The van der Waals surface area contributed by atoms with Crippen LogP contribution in [0.5, 0.6) is 0 Å². The van der Waals surface area contributed by atoms with E-state index in [1.807, 2.05) is 4.90 Å². The van der Waals surface area contributed by atoms with Gasteiger partial charge in [-0.05, 0) is 49.9 Å². The van der Waals surface area contributed by atoms with Gasteiger partial charge in [-0.3, -0.25) is 14.5 Å². The number of nitrogens with two attached hydrogens (primary N) is 6. The van der Waals surface area contributed by atoms with Gasteiger partial charge in [-0.25, -0.2) is 13.9 Å². The van der Waals surface area contributed by atoms with Crippen LogP contribution in [0.25, 0.3) is 22.2 Å². The Morgan fingerprint density at radius 1 is 0.759 bits per heavy atom. The van der Waals surface area contributed by atoms with Crippen molar-refractivity contribution < 1.29 is 83.3 Å². The van der Waals surface area contributed by atoms with Crippen molar-refractivity contribution in [3.05, 3.63) is 70.4 Å². The molecule has 456 valence electrons. The van der Waals surface area contributed by atoms with E-state index in [0.29, 0.717) is 61.6 Å². The summed E-state index contributed by atoms with van der Waals surface area (Å²) in [7, 11) is 0. The fourth-order valence-electron chi connectivity index (χ4n) is 11.4. The number of nitrogens with one attached hydrogen (secondary N) is 1. The van der Waals surface area contributed by atoms with E-state index in [9.17, 15) is 55.2 Å². The second-order valence-corrected chi connectivity index (χ2v) is 22.2. The molecule has 6 aliphatic rings. The number of carbonyl (C=O) groups is 2. The Labute approximate surface area is 473 Å². The Kier molecular flexibility index (Phi) is 18.5. The number of pyridine rings is 1. The van der Waals surface area contributed by atoms with Crippen LogP contribution in [0.1, 0.15) is 42.1 Å². The number of aromatic carboxylic acids is 1. The van der Waals surface area contributed by atoms with Crippen molar-refractivity contribution >= 4 is 34.2 Å². The third-order valence-corrected chi connectivity index (χ3v) is 16.5. The molecule has 0 spiro atoms. The molecule has 21 N–H and O–H groups in total. The molecule has 4 saturated heterocycles. The van der Waals surface area contributed by atoms with Gasteiger partial charge in [-0.2, -0.15) is 0 Å². The maximum atomic E-state index is 15.6. The molecule has 6 heterocycles. The number of aliphatic hydroxyl groups is 7. The number of amides is 1. The number of halogens is 1. The second kappa shape index (κ2) is 25.3. The molecule has 20 atom stereocenters. The average molecular weight is 1170 g/mol. The van der Waals surface area contributed by atoms with E-state index in [-0.39, 0.29) is 48.7 Å². The van der Waals surface area contributed by atoms with E-state index in [1.165, 1.54) is 10.9 Å². The lowest BCUT2D eigenvalue weighted by Gasteiger charge is -2.47. The molecule has 6 fully saturated rings. The smallest absolute Gasteiger partial charge is 0.341 e. The van der Waals surface area contributed by atoms with Crippen LogP contribution in [0.15, 0.2) is 53.6 Å². The summed E-state index contributed by atoms with van der Waals surface area (Å²) in [6.45, 7) is 2.30. The van der Waals surface area contributed by atoms with Crippen molar-refractivity contribution in [2.24, 2.45) is 34.4 Å². The number of aliphatic hydroxyl groups excluding tert-OH is 7. The number of piperazine rings is 1. The summed E-state index contributed by atoms with van der Waals surface area (Å²) in [6, 6.07) is 4.53. The first-order chi connectivity index (χ1) is 39.6. The van der Waals surface area contributed by atoms with E-state index >= 15 is 4.39 Å². The molecule has 2 saturated carbocycles. The number of benzene rings is 2. The largest absolute Gasteiger partial charge is 0.477 e. The first-order valence-electron chi connectivity index (χ1n) is 27.7. The highest BCUT2D eigenvalue weighted by Crippen LogP contribution is 2.39. The SMILES string of the molecule is NC[C@@H]1O[C@@H](O[C@H]2[C@@H](O)[C@H](O[C@H]3[C@@H](O)[C@H](N)C[C@H](N)[C@H]3O[C@H]3O[C@H](CN)[C@@H](O)[C@H](O)[C@H]3N)O[C@@H]2C(=O)Nc2ccc(-c3cn(CC(O)CCN4CCN(c5cc6c(cc5F)c(=O)c(C(=O)O)cn6C5CC5)CC4)nn3)cc2)[C@H](N)[C@@H](O)[C@@H]1O. The Morgan fingerprint density at radius 3 is 1.98 bits per heavy atom. The molecule has 2 aliphatic carbocycles. The van der Waals surface area contributed by atoms with Crippen LogP contribution in [0.2, 0.25) is 0 Å². The monoisotopic (exact) mass is 1170 g/mol. The summed E-state index contributed by atoms with van der Waals surface area (Å²) in [6.07, 6.45) is -18.5. The summed E-state index contributed by atoms with van der Waals surface area (Å²) in [5.41, 5.74) is 37.7. The number of hydrogen-bond acceptors (Lipinski definition) is 26. The number of carbonyl (C=O) groups excluding carboxylic acids is 1. The van der Waals surface area contributed by atoms with Gasteiger partial charge in [0.15, 0.2) is 25.0 Å². The molecule has 4 aliphatic heterocycles. The van der Waals surface area contributed by atoms with Crippen LogP contribution in [0.3, 0.4) is 0 Å². The van der Waals surface area contributed by atoms with Crippen molar-refractivity contribution in [3.63, 3.8) is 0 Å². The molecule has 31 heteroatoms. The Balaban J connectivity index is 0.762. The number of ether oxygens (including phenoxy) is 6. The number of rotatable bonds is 19. The lowest BCUT2D eigenvalue weighted by atomic mass is 9.84. The van der Waals surface area contributed by atoms with E-state index in [2.05, 4.69) is 20.5 Å². The zero-order valence-corrected chi connectivity index (χ0v) is 45.0. The molecule has 2 aromatic heterocycles. The quantitative estimate of drug-likeness (QED) is 0.0416. The van der Waals surface area contributed by atoms with Crippen molar-refractivity contribution in [1.82, 2.24) is 24.5 Å². The predicted octanol–water partition coefficient (Wildman–Crippen LogP) is -5.93. The molecule has 4 aromatic rings. The van der Waals surface area contributed by atoms with Gasteiger partial charge in [0.2, 0.25) is 5.43 Å². The van der Waals surface area contributed by atoms with Gasteiger partial charge in [-0.1, -0.05) is 17.3 Å². The first kappa shape index (κ1) is 60.8. The normalized spacial score (nSPS) is 35.6. The van der Waals surface area contributed by atoms with Crippen LogP contribution in [0, 0.1) is 5.82 Å². The minimum absolute atomic E-state index is 0.00323. The van der Waals surface area contributed by atoms with Crippen molar-refractivity contribution in [2.45, 2.75) is 161 Å². The molecule has 1 amide bonds. The second-order valence-electron chi connectivity index (χ2n) is 22.2. The highest BCUT2D eigenvalue weighted by molar-refractivity contribution is 5.95. The number of aromatic nitrogens is 4. The Morgan fingerprint density at radius 2 is 1.37 bits per heavy atom. The van der Waals surface area contributed by atoms with E-state index < -0.39 is 146 Å². The zero-order valence-electron chi connectivity index (χ0n) is 45.0. The molecule has 83 heavy (non-hydrogen) atoms. The van der Waals surface area contributed by atoms with Crippen LogP contribution >= 0.6 is 0 Å². The summed E-state index contributed by atoms with van der Waals surface area (Å²) >= 11 is 0. The van der Waals surface area contributed by atoms with E-state index in [4.69, 9.17) is 62.8 Å². The van der Waals surface area contributed by atoms with Gasteiger partial charge in [0, 0.05) is 86.8 Å². The van der Waals surface area contributed by atoms with Crippen LogP contribution in [-0.4, -0.2) is 245 Å². The lowest BCUT2D eigenvalue weighted by molar-refractivity contribution is -0.306. The number of fused-ring (bicyclic) bond motifs is 1. The van der Waals surface area contributed by atoms with E-state index in [0.717, 1.165) is 18.9 Å². The number of nitrogens with zero attached hydrogens (tertiary/aromatic N) is 6. The number of carboxylic acids is 1. The number of anilines is 2. The van der Waals surface area contributed by atoms with Crippen LogP contribution in [-0.2, 0) is 39.8 Å². The fraction of sp³-hybridized carbons (Fsp3) is 0.635. The van der Waals surface area contributed by atoms with Crippen molar-refractivity contribution in [1.29, 1.82) is 0 Å². The highest BCUT2D eigenvalue weighted by Gasteiger charge is 2.56. The van der Waals surface area contributed by atoms with Gasteiger partial charge in [0.1, 0.15) is 78.1 Å². The average Bonchev–Trinajstić information content (AvgIpc) is 4.20. The summed E-state index contributed by atoms with van der Waals surface area (Å²) in [4.78, 5) is 43.1. The van der Waals surface area contributed by atoms with Gasteiger partial charge < -0.3 is 118 Å².